The Morgan fingerprint density at radius 3 is 0.543 bits per heavy atom. The molecule has 0 spiro atoms. The molecule has 4 heteroatoms. The molecule has 0 aliphatic heterocycles. The summed E-state index contributed by atoms with van der Waals surface area (Å²) in [5, 5.41) is 14.6. The van der Waals surface area contributed by atoms with Crippen LogP contribution in [0.2, 0.25) is 0 Å². The molecule has 1 saturated carbocycles. The monoisotopic (exact) mass is 722 g/mol. The van der Waals surface area contributed by atoms with E-state index in [-0.39, 0.29) is 19.5 Å². The molecule has 0 bridgehead atoms. The Morgan fingerprint density at radius 1 is 0.283 bits per heavy atom. The van der Waals surface area contributed by atoms with Gasteiger partial charge < -0.3 is 11.8 Å². The van der Waals surface area contributed by atoms with Gasteiger partial charge in [0.05, 0.1) is 0 Å². The average Bonchev–Trinajstić information content (AvgIpc) is 3.74. The second kappa shape index (κ2) is 21.9. The summed E-state index contributed by atoms with van der Waals surface area (Å²) in [6.45, 7) is 4.75. The van der Waals surface area contributed by atoms with Gasteiger partial charge >= 0.3 is 19.5 Å². The molecule has 1 nitrogen and oxygen atoms in total. The van der Waals surface area contributed by atoms with Crippen LogP contribution >= 0.6 is 15.8 Å². The molecule has 6 aromatic carbocycles. The number of hydrogen-bond donors (Lipinski definition) is 0. The van der Waals surface area contributed by atoms with Crippen molar-refractivity contribution in [3.05, 3.63) is 189 Å². The Morgan fingerprint density at radius 2 is 0.413 bits per heavy atom. The fourth-order valence-corrected chi connectivity index (χ4v) is 9.85. The van der Waals surface area contributed by atoms with Crippen LogP contribution < -0.4 is 31.8 Å². The molecule has 1 aliphatic rings. The van der Waals surface area contributed by atoms with Crippen molar-refractivity contribution in [1.29, 1.82) is 5.26 Å². The van der Waals surface area contributed by atoms with Crippen molar-refractivity contribution in [3.63, 3.8) is 0 Å². The maximum Gasteiger partial charge on any atom is 1.00 e. The van der Waals surface area contributed by atoms with Gasteiger partial charge in [0.15, 0.2) is 0 Å². The van der Waals surface area contributed by atoms with E-state index in [2.05, 4.69) is 182 Å². The zero-order valence-corrected chi connectivity index (χ0v) is 29.6. The van der Waals surface area contributed by atoms with Gasteiger partial charge in [0.25, 0.3) is 0 Å². The molecule has 6 aromatic rings. The summed E-state index contributed by atoms with van der Waals surface area (Å²) in [7, 11) is -0.892. The molecule has 0 heterocycles. The molecule has 1 radical (unpaired) electrons. The molecule has 0 saturated heterocycles. The quantitative estimate of drug-likeness (QED) is 0.0958. The molecular weight excluding hydrogens is 681 g/mol. The van der Waals surface area contributed by atoms with Gasteiger partial charge in [-0.1, -0.05) is 214 Å². The Balaban J connectivity index is 0.000000204. The van der Waals surface area contributed by atoms with Crippen LogP contribution in [-0.2, 0) is 19.5 Å². The van der Waals surface area contributed by atoms with Crippen molar-refractivity contribution < 1.29 is 19.5 Å². The first-order chi connectivity index (χ1) is 22.4. The average molecular weight is 722 g/mol. The maximum absolute atomic E-state index is 6.25. The number of benzene rings is 6. The molecule has 0 aromatic heterocycles. The van der Waals surface area contributed by atoms with Gasteiger partial charge in [-0.3, -0.25) is 0 Å². The van der Waals surface area contributed by atoms with Gasteiger partial charge in [0.2, 0.25) is 0 Å². The summed E-state index contributed by atoms with van der Waals surface area (Å²) in [5.41, 5.74) is 0. The van der Waals surface area contributed by atoms with E-state index in [1.165, 1.54) is 63.9 Å². The molecule has 1 aliphatic carbocycles. The SMILES string of the molecule is C1CCCC1.[C-]#N.[Ru+].c1ccc(P(c2ccccc2)c2ccccc2)cc1.c1ccc(P(c2ccccc2)c2ccccc2)cc1. The Labute approximate surface area is 291 Å². The minimum atomic E-state index is -0.446. The van der Waals surface area contributed by atoms with Gasteiger partial charge in [-0.2, -0.15) is 0 Å². The van der Waals surface area contributed by atoms with Gasteiger partial charge in [-0.15, -0.1) is 0 Å². The molecule has 0 atom stereocenters. The largest absolute Gasteiger partial charge is 1.00 e. The van der Waals surface area contributed by atoms with Gasteiger partial charge in [0.1, 0.15) is 0 Å². The van der Waals surface area contributed by atoms with Crippen molar-refractivity contribution >= 4 is 47.7 Å². The first kappa shape index (κ1) is 36.8. The van der Waals surface area contributed by atoms with E-state index in [4.69, 9.17) is 11.8 Å². The molecular formula is C42H40NP2Ru. The number of hydrogen-bond acceptors (Lipinski definition) is 1. The third-order valence-corrected chi connectivity index (χ3v) is 12.2. The summed E-state index contributed by atoms with van der Waals surface area (Å²) in [4.78, 5) is 0. The van der Waals surface area contributed by atoms with Crippen LogP contribution in [-0.4, -0.2) is 0 Å². The molecule has 1 fully saturated rings. The van der Waals surface area contributed by atoms with Crippen LogP contribution in [0.5, 0.6) is 0 Å². The minimum Gasteiger partial charge on any atom is -0.512 e. The van der Waals surface area contributed by atoms with Crippen LogP contribution in [0.15, 0.2) is 182 Å². The van der Waals surface area contributed by atoms with Crippen molar-refractivity contribution in [3.8, 4) is 0 Å². The van der Waals surface area contributed by atoms with Crippen LogP contribution in [0, 0.1) is 11.8 Å². The van der Waals surface area contributed by atoms with Crippen LogP contribution in [0.4, 0.5) is 0 Å². The number of nitrogens with zero attached hydrogens (tertiary/aromatic N) is 1. The summed E-state index contributed by atoms with van der Waals surface area (Å²) in [5.74, 6) is 0. The maximum atomic E-state index is 6.25. The molecule has 0 amide bonds. The van der Waals surface area contributed by atoms with E-state index in [1.54, 1.807) is 0 Å². The number of rotatable bonds is 6. The van der Waals surface area contributed by atoms with Gasteiger partial charge in [0, 0.05) is 0 Å². The minimum absolute atomic E-state index is 0. The zero-order chi connectivity index (χ0) is 31.4. The van der Waals surface area contributed by atoms with Crippen LogP contribution in [0.3, 0.4) is 0 Å². The third-order valence-electron chi connectivity index (χ3n) is 7.34. The van der Waals surface area contributed by atoms with E-state index in [1.807, 2.05) is 0 Å². The second-order valence-electron chi connectivity index (χ2n) is 10.5. The third kappa shape index (κ3) is 11.6. The first-order valence-electron chi connectivity index (χ1n) is 15.5. The van der Waals surface area contributed by atoms with Crippen molar-refractivity contribution in [1.82, 2.24) is 0 Å². The molecule has 7 rings (SSSR count). The van der Waals surface area contributed by atoms with Crippen molar-refractivity contribution in [2.75, 3.05) is 0 Å². The zero-order valence-electron chi connectivity index (χ0n) is 26.1. The van der Waals surface area contributed by atoms with Crippen LogP contribution in [0.1, 0.15) is 32.1 Å². The Hall–Kier alpha value is -3.71. The second-order valence-corrected chi connectivity index (χ2v) is 14.9. The molecule has 231 valence electrons. The predicted octanol–water partition coefficient (Wildman–Crippen LogP) is 8.93. The summed E-state index contributed by atoms with van der Waals surface area (Å²) in [6.07, 6.45) is 7.50. The molecule has 0 unspecified atom stereocenters. The summed E-state index contributed by atoms with van der Waals surface area (Å²) >= 11 is 0. The standard InChI is InChI=1S/2C18H15P.C5H10.CN.Ru/c2*1-4-10-16(11-5-1)19(17-12-6-2-7-13-17)18-14-8-3-9-15-18;1-2-4-5-3-1;1-2;/h2*1-15H;1-5H2;;/q;;;-1;+1. The smallest absolute Gasteiger partial charge is 0.512 e. The van der Waals surface area contributed by atoms with E-state index >= 15 is 0 Å². The summed E-state index contributed by atoms with van der Waals surface area (Å²) < 4.78 is 0. The van der Waals surface area contributed by atoms with Crippen molar-refractivity contribution in [2.24, 2.45) is 0 Å². The topological polar surface area (TPSA) is 23.8 Å². The molecule has 46 heavy (non-hydrogen) atoms. The fraction of sp³-hybridized carbons (Fsp3) is 0.119. The van der Waals surface area contributed by atoms with E-state index in [0.717, 1.165) is 0 Å². The normalized spacial score (nSPS) is 11.4. The van der Waals surface area contributed by atoms with Crippen LogP contribution in [0.25, 0.3) is 0 Å². The van der Waals surface area contributed by atoms with Gasteiger partial charge in [-0.25, -0.2) is 0 Å². The predicted molar refractivity (Wildman–Crippen MR) is 198 cm³/mol. The Bertz CT molecular complexity index is 1300. The first-order valence-corrected chi connectivity index (χ1v) is 18.2. The molecule has 0 N–H and O–H groups in total. The van der Waals surface area contributed by atoms with E-state index in [9.17, 15) is 0 Å². The van der Waals surface area contributed by atoms with Gasteiger partial charge in [-0.05, 0) is 47.7 Å². The Kier molecular flexibility index (Phi) is 17.5. The fourth-order valence-electron chi connectivity index (χ4n) is 5.24. The summed E-state index contributed by atoms with van der Waals surface area (Å²) in [6, 6.07) is 64.7. The van der Waals surface area contributed by atoms with Crippen molar-refractivity contribution in [2.45, 2.75) is 32.1 Å². The van der Waals surface area contributed by atoms with E-state index in [0.29, 0.717) is 0 Å². The van der Waals surface area contributed by atoms with E-state index < -0.39 is 15.8 Å².